The van der Waals surface area contributed by atoms with Crippen LogP contribution in [0.25, 0.3) is 0 Å². The van der Waals surface area contributed by atoms with E-state index in [9.17, 15) is 0 Å². The average molecular weight is 219 g/mol. The van der Waals surface area contributed by atoms with Crippen molar-refractivity contribution in [3.8, 4) is 5.75 Å². The van der Waals surface area contributed by atoms with Gasteiger partial charge in [0.15, 0.2) is 0 Å². The SMILES string of the molecule is CNCc1ccc(OCC2CCCC2)cc1. The van der Waals surface area contributed by atoms with Crippen LogP contribution >= 0.6 is 0 Å². The van der Waals surface area contributed by atoms with Crippen LogP contribution in [0.5, 0.6) is 5.75 Å². The second-order valence-corrected chi connectivity index (χ2v) is 4.64. The van der Waals surface area contributed by atoms with Gasteiger partial charge in [0, 0.05) is 6.54 Å². The highest BCUT2D eigenvalue weighted by molar-refractivity contribution is 5.27. The van der Waals surface area contributed by atoms with Gasteiger partial charge in [-0.15, -0.1) is 0 Å². The van der Waals surface area contributed by atoms with Crippen LogP contribution in [0.3, 0.4) is 0 Å². The summed E-state index contributed by atoms with van der Waals surface area (Å²) in [6.45, 7) is 1.81. The summed E-state index contributed by atoms with van der Waals surface area (Å²) in [5.74, 6) is 1.80. The van der Waals surface area contributed by atoms with Crippen molar-refractivity contribution in [1.29, 1.82) is 0 Å². The number of ether oxygens (including phenoxy) is 1. The largest absolute Gasteiger partial charge is 0.493 e. The van der Waals surface area contributed by atoms with E-state index in [0.29, 0.717) is 0 Å². The van der Waals surface area contributed by atoms with Crippen molar-refractivity contribution in [1.82, 2.24) is 5.32 Å². The molecule has 0 atom stereocenters. The topological polar surface area (TPSA) is 21.3 Å². The fraction of sp³-hybridized carbons (Fsp3) is 0.571. The van der Waals surface area contributed by atoms with Crippen molar-refractivity contribution < 1.29 is 4.74 Å². The Balaban J connectivity index is 1.80. The molecule has 0 unspecified atom stereocenters. The number of rotatable bonds is 5. The Bertz CT molecular complexity index is 301. The van der Waals surface area contributed by atoms with Gasteiger partial charge in [-0.2, -0.15) is 0 Å². The molecule has 0 saturated heterocycles. The third-order valence-corrected chi connectivity index (χ3v) is 3.26. The normalized spacial score (nSPS) is 16.6. The van der Waals surface area contributed by atoms with Crippen LogP contribution in [-0.4, -0.2) is 13.7 Å². The molecule has 0 spiro atoms. The second-order valence-electron chi connectivity index (χ2n) is 4.64. The molecule has 0 heterocycles. The molecule has 2 rings (SSSR count). The van der Waals surface area contributed by atoms with Crippen LogP contribution in [-0.2, 0) is 6.54 Å². The van der Waals surface area contributed by atoms with Gasteiger partial charge in [0.25, 0.3) is 0 Å². The third-order valence-electron chi connectivity index (χ3n) is 3.26. The average Bonchev–Trinajstić information content (AvgIpc) is 2.82. The van der Waals surface area contributed by atoms with Gasteiger partial charge in [-0.3, -0.25) is 0 Å². The van der Waals surface area contributed by atoms with Crippen molar-refractivity contribution in [3.63, 3.8) is 0 Å². The predicted molar refractivity (Wildman–Crippen MR) is 66.7 cm³/mol. The molecule has 2 nitrogen and oxygen atoms in total. The number of hydrogen-bond donors (Lipinski definition) is 1. The highest BCUT2D eigenvalue weighted by Gasteiger charge is 2.15. The quantitative estimate of drug-likeness (QED) is 0.822. The highest BCUT2D eigenvalue weighted by atomic mass is 16.5. The first-order valence-electron chi connectivity index (χ1n) is 6.25. The highest BCUT2D eigenvalue weighted by Crippen LogP contribution is 2.25. The van der Waals surface area contributed by atoms with Gasteiger partial charge in [0.2, 0.25) is 0 Å². The zero-order valence-corrected chi connectivity index (χ0v) is 10.0. The molecule has 88 valence electrons. The lowest BCUT2D eigenvalue weighted by molar-refractivity contribution is 0.252. The molecule has 0 aromatic heterocycles. The maximum absolute atomic E-state index is 5.80. The van der Waals surface area contributed by atoms with Gasteiger partial charge in [0.05, 0.1) is 6.61 Å². The maximum atomic E-state index is 5.80. The first-order valence-corrected chi connectivity index (χ1v) is 6.25. The van der Waals surface area contributed by atoms with E-state index in [2.05, 4.69) is 29.6 Å². The lowest BCUT2D eigenvalue weighted by Gasteiger charge is -2.11. The Morgan fingerprint density at radius 3 is 2.50 bits per heavy atom. The molecule has 1 aliphatic carbocycles. The van der Waals surface area contributed by atoms with E-state index in [1.165, 1.54) is 31.2 Å². The number of nitrogens with one attached hydrogen (secondary N) is 1. The molecular weight excluding hydrogens is 198 g/mol. The summed E-state index contributed by atoms with van der Waals surface area (Å²) < 4.78 is 5.80. The molecule has 1 saturated carbocycles. The van der Waals surface area contributed by atoms with Gasteiger partial charge < -0.3 is 10.1 Å². The van der Waals surface area contributed by atoms with Crippen molar-refractivity contribution in [2.24, 2.45) is 5.92 Å². The molecule has 1 aliphatic rings. The summed E-state index contributed by atoms with van der Waals surface area (Å²) in [5.41, 5.74) is 1.30. The van der Waals surface area contributed by atoms with Crippen molar-refractivity contribution >= 4 is 0 Å². The molecule has 1 N–H and O–H groups in total. The zero-order chi connectivity index (χ0) is 11.2. The Hall–Kier alpha value is -1.02. The first kappa shape index (κ1) is 11.5. The van der Waals surface area contributed by atoms with Gasteiger partial charge in [-0.1, -0.05) is 25.0 Å². The van der Waals surface area contributed by atoms with Crippen molar-refractivity contribution in [2.75, 3.05) is 13.7 Å². The van der Waals surface area contributed by atoms with Crippen LogP contribution < -0.4 is 10.1 Å². The summed E-state index contributed by atoms with van der Waals surface area (Å²) >= 11 is 0. The Kier molecular flexibility index (Phi) is 4.23. The van der Waals surface area contributed by atoms with E-state index in [4.69, 9.17) is 4.74 Å². The Morgan fingerprint density at radius 2 is 1.88 bits per heavy atom. The van der Waals surface area contributed by atoms with E-state index in [0.717, 1.165) is 24.8 Å². The zero-order valence-electron chi connectivity index (χ0n) is 10.0. The minimum atomic E-state index is 0.789. The molecule has 0 amide bonds. The lowest BCUT2D eigenvalue weighted by atomic mass is 10.1. The Labute approximate surface area is 98.0 Å². The summed E-state index contributed by atoms with van der Waals surface area (Å²) in [7, 11) is 1.96. The van der Waals surface area contributed by atoms with Crippen molar-refractivity contribution in [3.05, 3.63) is 29.8 Å². The fourth-order valence-electron chi connectivity index (χ4n) is 2.30. The summed E-state index contributed by atoms with van der Waals surface area (Å²) in [4.78, 5) is 0. The molecule has 1 aromatic carbocycles. The number of benzene rings is 1. The molecule has 2 heteroatoms. The summed E-state index contributed by atoms with van der Waals surface area (Å²) in [5, 5.41) is 3.14. The minimum absolute atomic E-state index is 0.789. The Morgan fingerprint density at radius 1 is 1.19 bits per heavy atom. The van der Waals surface area contributed by atoms with Gasteiger partial charge in [-0.25, -0.2) is 0 Å². The van der Waals surface area contributed by atoms with Gasteiger partial charge in [0.1, 0.15) is 5.75 Å². The van der Waals surface area contributed by atoms with E-state index in [1.807, 2.05) is 7.05 Å². The summed E-state index contributed by atoms with van der Waals surface area (Å²) in [6.07, 6.45) is 5.46. The van der Waals surface area contributed by atoms with E-state index in [-0.39, 0.29) is 0 Å². The van der Waals surface area contributed by atoms with Gasteiger partial charge >= 0.3 is 0 Å². The van der Waals surface area contributed by atoms with E-state index < -0.39 is 0 Å². The van der Waals surface area contributed by atoms with Crippen LogP contribution in [0.4, 0.5) is 0 Å². The predicted octanol–water partition coefficient (Wildman–Crippen LogP) is 2.98. The fourth-order valence-corrected chi connectivity index (χ4v) is 2.30. The molecular formula is C14H21NO. The van der Waals surface area contributed by atoms with Crippen LogP contribution in [0, 0.1) is 5.92 Å². The van der Waals surface area contributed by atoms with Crippen LogP contribution in [0.1, 0.15) is 31.2 Å². The van der Waals surface area contributed by atoms with Crippen LogP contribution in [0.15, 0.2) is 24.3 Å². The lowest BCUT2D eigenvalue weighted by Crippen LogP contribution is -2.08. The second kappa shape index (κ2) is 5.90. The van der Waals surface area contributed by atoms with E-state index in [1.54, 1.807) is 0 Å². The maximum Gasteiger partial charge on any atom is 0.119 e. The summed E-state index contributed by atoms with van der Waals surface area (Å²) in [6, 6.07) is 8.39. The molecule has 16 heavy (non-hydrogen) atoms. The molecule has 1 fully saturated rings. The third kappa shape index (κ3) is 3.24. The molecule has 1 aromatic rings. The molecule has 0 aliphatic heterocycles. The van der Waals surface area contributed by atoms with E-state index >= 15 is 0 Å². The van der Waals surface area contributed by atoms with Crippen LogP contribution in [0.2, 0.25) is 0 Å². The van der Waals surface area contributed by atoms with Gasteiger partial charge in [-0.05, 0) is 43.5 Å². The first-order chi connectivity index (χ1) is 7.88. The smallest absolute Gasteiger partial charge is 0.119 e. The van der Waals surface area contributed by atoms with Crippen molar-refractivity contribution in [2.45, 2.75) is 32.2 Å². The number of hydrogen-bond acceptors (Lipinski definition) is 2. The standard InChI is InChI=1S/C14H21NO/c1-15-10-12-6-8-14(9-7-12)16-11-13-4-2-3-5-13/h6-9,13,15H,2-5,10-11H2,1H3. The monoisotopic (exact) mass is 219 g/mol. The minimum Gasteiger partial charge on any atom is -0.493 e. The molecule has 0 radical (unpaired) electrons. The molecule has 0 bridgehead atoms.